The second kappa shape index (κ2) is 9.76. The van der Waals surface area contributed by atoms with Gasteiger partial charge in [-0.3, -0.25) is 9.78 Å². The van der Waals surface area contributed by atoms with Gasteiger partial charge in [0.25, 0.3) is 0 Å². The number of amides is 1. The summed E-state index contributed by atoms with van der Waals surface area (Å²) in [4.78, 5) is 16.7. The van der Waals surface area contributed by atoms with Crippen molar-refractivity contribution in [1.29, 1.82) is 0 Å². The number of aryl methyl sites for hydroxylation is 3. The summed E-state index contributed by atoms with van der Waals surface area (Å²) in [6, 6.07) is 7.57. The van der Waals surface area contributed by atoms with Gasteiger partial charge in [-0.05, 0) is 62.6 Å². The number of anilines is 1. The molecule has 27 heavy (non-hydrogen) atoms. The van der Waals surface area contributed by atoms with E-state index in [9.17, 15) is 4.79 Å². The van der Waals surface area contributed by atoms with Crippen molar-refractivity contribution in [1.82, 2.24) is 4.98 Å². The zero-order chi connectivity index (χ0) is 19.8. The third-order valence-corrected chi connectivity index (χ3v) is 4.14. The molecule has 0 radical (unpaired) electrons. The highest BCUT2D eigenvalue weighted by molar-refractivity contribution is 6.02. The summed E-state index contributed by atoms with van der Waals surface area (Å²) in [6.07, 6.45) is 5.33. The van der Waals surface area contributed by atoms with Crippen molar-refractivity contribution >= 4 is 17.7 Å². The van der Waals surface area contributed by atoms with Crippen LogP contribution in [-0.2, 0) is 4.79 Å². The number of hydrogen-bond donors (Lipinski definition) is 1. The molecule has 2 aromatic rings. The standard InChI is InChI=1S/C22H28N2O3/c1-6-7-12-27-19-10-8-18(14-20(19)26-5)9-11-21(25)24-22-15(2)13-16(3)23-17(22)4/h8-11,13-14H,6-7,12H2,1-5H3,(H,24,25)/b11-9+. The minimum Gasteiger partial charge on any atom is -0.493 e. The molecule has 5 nitrogen and oxygen atoms in total. The smallest absolute Gasteiger partial charge is 0.248 e. The summed E-state index contributed by atoms with van der Waals surface area (Å²) >= 11 is 0. The molecule has 1 amide bonds. The highest BCUT2D eigenvalue weighted by Crippen LogP contribution is 2.29. The Morgan fingerprint density at radius 3 is 2.63 bits per heavy atom. The van der Waals surface area contributed by atoms with E-state index < -0.39 is 0 Å². The fourth-order valence-corrected chi connectivity index (χ4v) is 2.78. The van der Waals surface area contributed by atoms with Gasteiger partial charge in [0.1, 0.15) is 0 Å². The fourth-order valence-electron chi connectivity index (χ4n) is 2.78. The van der Waals surface area contributed by atoms with Gasteiger partial charge < -0.3 is 14.8 Å². The quantitative estimate of drug-likeness (QED) is 0.535. The van der Waals surface area contributed by atoms with Crippen LogP contribution in [0.4, 0.5) is 5.69 Å². The molecule has 0 spiro atoms. The molecule has 0 fully saturated rings. The normalized spacial score (nSPS) is 10.9. The number of ether oxygens (including phenoxy) is 2. The first-order chi connectivity index (χ1) is 12.9. The molecular weight excluding hydrogens is 340 g/mol. The topological polar surface area (TPSA) is 60.5 Å². The Hall–Kier alpha value is -2.82. The van der Waals surface area contributed by atoms with Crippen molar-refractivity contribution in [3.8, 4) is 11.5 Å². The lowest BCUT2D eigenvalue weighted by atomic mass is 10.1. The molecule has 0 saturated heterocycles. The Kier molecular flexibility index (Phi) is 7.41. The lowest BCUT2D eigenvalue weighted by Gasteiger charge is -2.11. The van der Waals surface area contributed by atoms with Gasteiger partial charge in [0.05, 0.1) is 25.1 Å². The van der Waals surface area contributed by atoms with Crippen LogP contribution in [0, 0.1) is 20.8 Å². The summed E-state index contributed by atoms with van der Waals surface area (Å²) in [5, 5.41) is 2.91. The Balaban J connectivity index is 2.07. The largest absolute Gasteiger partial charge is 0.493 e. The van der Waals surface area contributed by atoms with Crippen LogP contribution in [0.15, 0.2) is 30.3 Å². The van der Waals surface area contributed by atoms with E-state index in [0.29, 0.717) is 18.1 Å². The lowest BCUT2D eigenvalue weighted by molar-refractivity contribution is -0.111. The number of nitrogens with zero attached hydrogens (tertiary/aromatic N) is 1. The summed E-state index contributed by atoms with van der Waals surface area (Å²) in [7, 11) is 1.61. The van der Waals surface area contributed by atoms with Crippen LogP contribution in [0.25, 0.3) is 6.08 Å². The van der Waals surface area contributed by atoms with Gasteiger partial charge in [-0.2, -0.15) is 0 Å². The molecule has 0 aliphatic carbocycles. The van der Waals surface area contributed by atoms with Crippen LogP contribution in [0.2, 0.25) is 0 Å². The van der Waals surface area contributed by atoms with Crippen LogP contribution in [0.3, 0.4) is 0 Å². The molecule has 5 heteroatoms. The van der Waals surface area contributed by atoms with Crippen molar-refractivity contribution in [3.63, 3.8) is 0 Å². The highest BCUT2D eigenvalue weighted by Gasteiger charge is 2.08. The Morgan fingerprint density at radius 2 is 1.96 bits per heavy atom. The molecule has 0 aliphatic heterocycles. The van der Waals surface area contributed by atoms with E-state index in [4.69, 9.17) is 9.47 Å². The van der Waals surface area contributed by atoms with E-state index in [1.54, 1.807) is 13.2 Å². The van der Waals surface area contributed by atoms with E-state index in [1.165, 1.54) is 6.08 Å². The number of pyridine rings is 1. The van der Waals surface area contributed by atoms with Crippen LogP contribution in [0.1, 0.15) is 42.3 Å². The number of aromatic nitrogens is 1. The van der Waals surface area contributed by atoms with E-state index in [1.807, 2.05) is 45.0 Å². The zero-order valence-electron chi connectivity index (χ0n) is 16.8. The predicted octanol–water partition coefficient (Wildman–Crippen LogP) is 4.85. The van der Waals surface area contributed by atoms with Crippen molar-refractivity contribution in [2.45, 2.75) is 40.5 Å². The van der Waals surface area contributed by atoms with E-state index in [-0.39, 0.29) is 5.91 Å². The van der Waals surface area contributed by atoms with Crippen molar-refractivity contribution in [2.75, 3.05) is 19.0 Å². The van der Waals surface area contributed by atoms with Gasteiger partial charge in [0.2, 0.25) is 5.91 Å². The number of benzene rings is 1. The maximum absolute atomic E-state index is 12.3. The first kappa shape index (κ1) is 20.5. The number of carbonyl (C=O) groups excluding carboxylic acids is 1. The maximum atomic E-state index is 12.3. The zero-order valence-corrected chi connectivity index (χ0v) is 16.8. The SMILES string of the molecule is CCCCOc1ccc(/C=C/C(=O)Nc2c(C)cc(C)nc2C)cc1OC. The van der Waals surface area contributed by atoms with Crippen LogP contribution < -0.4 is 14.8 Å². The van der Waals surface area contributed by atoms with Crippen molar-refractivity contribution in [3.05, 3.63) is 52.9 Å². The third kappa shape index (κ3) is 5.84. The number of carbonyl (C=O) groups is 1. The van der Waals surface area contributed by atoms with Gasteiger partial charge >= 0.3 is 0 Å². The number of nitrogens with one attached hydrogen (secondary N) is 1. The summed E-state index contributed by atoms with van der Waals surface area (Å²) in [5.74, 6) is 1.17. The average Bonchev–Trinajstić information content (AvgIpc) is 2.63. The van der Waals surface area contributed by atoms with E-state index in [2.05, 4.69) is 17.2 Å². The molecule has 0 saturated carbocycles. The molecule has 1 heterocycles. The predicted molar refractivity (Wildman–Crippen MR) is 110 cm³/mol. The number of hydrogen-bond acceptors (Lipinski definition) is 4. The molecule has 144 valence electrons. The molecule has 1 aromatic carbocycles. The van der Waals surface area contributed by atoms with Crippen molar-refractivity contribution in [2.24, 2.45) is 0 Å². The minimum atomic E-state index is -0.200. The number of rotatable bonds is 8. The number of methoxy groups -OCH3 is 1. The Bertz CT molecular complexity index is 805. The average molecular weight is 368 g/mol. The summed E-state index contributed by atoms with van der Waals surface area (Å²) in [5.41, 5.74) is 4.36. The third-order valence-electron chi connectivity index (χ3n) is 4.14. The molecule has 0 bridgehead atoms. The first-order valence-electron chi connectivity index (χ1n) is 9.19. The number of unbranched alkanes of at least 4 members (excludes halogenated alkanes) is 1. The maximum Gasteiger partial charge on any atom is 0.248 e. The minimum absolute atomic E-state index is 0.200. The summed E-state index contributed by atoms with van der Waals surface area (Å²) < 4.78 is 11.1. The second-order valence-electron chi connectivity index (χ2n) is 6.48. The monoisotopic (exact) mass is 368 g/mol. The summed E-state index contributed by atoms with van der Waals surface area (Å²) in [6.45, 7) is 8.57. The molecule has 1 N–H and O–H groups in total. The van der Waals surface area contributed by atoms with Gasteiger partial charge in [0.15, 0.2) is 11.5 Å². The van der Waals surface area contributed by atoms with Gasteiger partial charge in [-0.25, -0.2) is 0 Å². The van der Waals surface area contributed by atoms with Gasteiger partial charge in [-0.15, -0.1) is 0 Å². The molecule has 1 aromatic heterocycles. The highest BCUT2D eigenvalue weighted by atomic mass is 16.5. The fraction of sp³-hybridized carbons (Fsp3) is 0.364. The second-order valence-corrected chi connectivity index (χ2v) is 6.48. The van der Waals surface area contributed by atoms with Gasteiger partial charge in [-0.1, -0.05) is 19.4 Å². The van der Waals surface area contributed by atoms with Crippen LogP contribution >= 0.6 is 0 Å². The molecule has 0 unspecified atom stereocenters. The lowest BCUT2D eigenvalue weighted by Crippen LogP contribution is -2.11. The van der Waals surface area contributed by atoms with Crippen LogP contribution in [-0.4, -0.2) is 24.6 Å². The molecule has 0 atom stereocenters. The van der Waals surface area contributed by atoms with Crippen molar-refractivity contribution < 1.29 is 14.3 Å². The van der Waals surface area contributed by atoms with Gasteiger partial charge in [0, 0.05) is 11.8 Å². The van der Waals surface area contributed by atoms with E-state index >= 15 is 0 Å². The molecule has 0 aliphatic rings. The molecule has 2 rings (SSSR count). The Morgan fingerprint density at radius 1 is 1.19 bits per heavy atom. The van der Waals surface area contributed by atoms with E-state index in [0.717, 1.165) is 41.0 Å². The molecular formula is C22H28N2O3. The first-order valence-corrected chi connectivity index (χ1v) is 9.19. The Labute approximate surface area is 161 Å². The van der Waals surface area contributed by atoms with Crippen LogP contribution in [0.5, 0.6) is 11.5 Å².